The third-order valence-electron chi connectivity index (χ3n) is 5.49. The van der Waals surface area contributed by atoms with Gasteiger partial charge in [0, 0.05) is 13.2 Å². The monoisotopic (exact) mass is 413 g/mol. The molecule has 160 valence electrons. The van der Waals surface area contributed by atoms with E-state index in [4.69, 9.17) is 4.74 Å². The highest BCUT2D eigenvalue weighted by Crippen LogP contribution is 2.35. The summed E-state index contributed by atoms with van der Waals surface area (Å²) in [5, 5.41) is 7.78. The zero-order valence-corrected chi connectivity index (χ0v) is 16.1. The van der Waals surface area contributed by atoms with E-state index < -0.39 is 23.3 Å². The van der Waals surface area contributed by atoms with Crippen molar-refractivity contribution in [3.63, 3.8) is 0 Å². The van der Waals surface area contributed by atoms with Gasteiger partial charge in [0.1, 0.15) is 5.54 Å². The van der Waals surface area contributed by atoms with E-state index in [1.807, 2.05) is 0 Å². The number of carbonyl (C=O) groups excluding carboxylic acids is 2. The first-order valence-corrected chi connectivity index (χ1v) is 9.95. The molecule has 2 aliphatic rings. The summed E-state index contributed by atoms with van der Waals surface area (Å²) < 4.78 is 45.0. The fourth-order valence-electron chi connectivity index (χ4n) is 3.96. The molecule has 1 aliphatic carbocycles. The first kappa shape index (κ1) is 21.4. The maximum absolute atomic E-state index is 13.2. The van der Waals surface area contributed by atoms with E-state index in [1.165, 1.54) is 18.2 Å². The van der Waals surface area contributed by atoms with Crippen LogP contribution in [0.2, 0.25) is 0 Å². The fourth-order valence-corrected chi connectivity index (χ4v) is 3.96. The summed E-state index contributed by atoms with van der Waals surface area (Å²) in [6.07, 6.45) is 0.538. The zero-order valence-electron chi connectivity index (χ0n) is 16.1. The Kier molecular flexibility index (Phi) is 6.66. The third kappa shape index (κ3) is 5.41. The lowest BCUT2D eigenvalue weighted by atomic mass is 9.81. The van der Waals surface area contributed by atoms with E-state index in [2.05, 4.69) is 16.0 Å². The molecule has 1 saturated carbocycles. The number of halogens is 3. The van der Waals surface area contributed by atoms with Crippen molar-refractivity contribution in [3.8, 4) is 0 Å². The van der Waals surface area contributed by atoms with Crippen LogP contribution in [0.3, 0.4) is 0 Å². The molecule has 0 aromatic heterocycles. The van der Waals surface area contributed by atoms with Crippen molar-refractivity contribution in [1.29, 1.82) is 0 Å². The van der Waals surface area contributed by atoms with Crippen LogP contribution in [0, 0.1) is 0 Å². The summed E-state index contributed by atoms with van der Waals surface area (Å²) in [6.45, 7) is 1.03. The Morgan fingerprint density at radius 1 is 1.10 bits per heavy atom. The standard InChI is InChI=1S/C20H26F3N3O3/c21-20(22,23)15-8-2-3-9-16(15)25-18(28)26-19(10-4-1-5-11-19)17(27)24-13-14-7-6-12-29-14/h2-3,8-9,14H,1,4-7,10-13H2,(H,24,27)(H2,25,26,28)/t14-/m1/s1. The topological polar surface area (TPSA) is 79.5 Å². The highest BCUT2D eigenvalue weighted by Gasteiger charge is 2.41. The molecular weight excluding hydrogens is 387 g/mol. The van der Waals surface area contributed by atoms with Gasteiger partial charge in [-0.05, 0) is 37.8 Å². The molecule has 0 radical (unpaired) electrons. The predicted molar refractivity (Wildman–Crippen MR) is 101 cm³/mol. The summed E-state index contributed by atoms with van der Waals surface area (Å²) in [6, 6.07) is 3.94. The Labute approximate surface area is 167 Å². The smallest absolute Gasteiger partial charge is 0.376 e. The normalized spacial score (nSPS) is 21.4. The Morgan fingerprint density at radius 3 is 2.48 bits per heavy atom. The molecule has 1 heterocycles. The number of carbonyl (C=O) groups is 2. The molecule has 1 atom stereocenters. The number of ether oxygens (including phenoxy) is 1. The van der Waals surface area contributed by atoms with Gasteiger partial charge < -0.3 is 20.7 Å². The van der Waals surface area contributed by atoms with Crippen molar-refractivity contribution >= 4 is 17.6 Å². The van der Waals surface area contributed by atoms with Crippen LogP contribution >= 0.6 is 0 Å². The van der Waals surface area contributed by atoms with Crippen molar-refractivity contribution in [2.45, 2.75) is 62.8 Å². The quantitative estimate of drug-likeness (QED) is 0.687. The first-order chi connectivity index (χ1) is 13.8. The number of urea groups is 1. The Balaban J connectivity index is 1.68. The summed E-state index contributed by atoms with van der Waals surface area (Å²) in [7, 11) is 0. The van der Waals surface area contributed by atoms with Gasteiger partial charge in [-0.3, -0.25) is 4.79 Å². The second kappa shape index (κ2) is 9.02. The summed E-state index contributed by atoms with van der Waals surface area (Å²) in [5.41, 5.74) is -2.41. The lowest BCUT2D eigenvalue weighted by Crippen LogP contribution is -2.61. The molecule has 1 aliphatic heterocycles. The Bertz CT molecular complexity index is 727. The Hall–Kier alpha value is -2.29. The lowest BCUT2D eigenvalue weighted by molar-refractivity contribution is -0.137. The van der Waals surface area contributed by atoms with E-state index in [0.29, 0.717) is 26.0 Å². The van der Waals surface area contributed by atoms with Crippen molar-refractivity contribution in [2.75, 3.05) is 18.5 Å². The van der Waals surface area contributed by atoms with Gasteiger partial charge in [-0.25, -0.2) is 4.79 Å². The van der Waals surface area contributed by atoms with Gasteiger partial charge in [-0.15, -0.1) is 0 Å². The molecule has 0 bridgehead atoms. The van der Waals surface area contributed by atoms with E-state index in [0.717, 1.165) is 38.2 Å². The van der Waals surface area contributed by atoms with E-state index in [1.54, 1.807) is 0 Å². The molecule has 3 N–H and O–H groups in total. The molecule has 3 rings (SSSR count). The zero-order chi connectivity index (χ0) is 20.9. The summed E-state index contributed by atoms with van der Waals surface area (Å²) in [4.78, 5) is 25.4. The summed E-state index contributed by atoms with van der Waals surface area (Å²) in [5.74, 6) is -0.313. The van der Waals surface area contributed by atoms with Gasteiger partial charge in [0.25, 0.3) is 0 Å². The van der Waals surface area contributed by atoms with Crippen molar-refractivity contribution < 1.29 is 27.5 Å². The van der Waals surface area contributed by atoms with E-state index in [-0.39, 0.29) is 17.7 Å². The first-order valence-electron chi connectivity index (χ1n) is 9.95. The third-order valence-corrected chi connectivity index (χ3v) is 5.49. The van der Waals surface area contributed by atoms with Gasteiger partial charge >= 0.3 is 12.2 Å². The number of nitrogens with one attached hydrogen (secondary N) is 3. The molecule has 6 nitrogen and oxygen atoms in total. The average Bonchev–Trinajstić information content (AvgIpc) is 3.20. The second-order valence-electron chi connectivity index (χ2n) is 7.61. The van der Waals surface area contributed by atoms with Crippen LogP contribution in [-0.4, -0.2) is 36.7 Å². The SMILES string of the molecule is O=C(Nc1ccccc1C(F)(F)F)NC1(C(=O)NC[C@H]2CCCO2)CCCCC1. The van der Waals surface area contributed by atoms with E-state index in [9.17, 15) is 22.8 Å². The van der Waals surface area contributed by atoms with Gasteiger partial charge in [-0.1, -0.05) is 31.4 Å². The van der Waals surface area contributed by atoms with Crippen LogP contribution in [0.25, 0.3) is 0 Å². The molecule has 0 spiro atoms. The average molecular weight is 413 g/mol. The van der Waals surface area contributed by atoms with Crippen molar-refractivity contribution in [3.05, 3.63) is 29.8 Å². The van der Waals surface area contributed by atoms with Gasteiger partial charge in [0.15, 0.2) is 0 Å². The molecule has 2 fully saturated rings. The van der Waals surface area contributed by atoms with Crippen molar-refractivity contribution in [1.82, 2.24) is 10.6 Å². The summed E-state index contributed by atoms with van der Waals surface area (Å²) >= 11 is 0. The van der Waals surface area contributed by atoms with Crippen molar-refractivity contribution in [2.24, 2.45) is 0 Å². The number of benzene rings is 1. The molecule has 1 aromatic rings. The number of hydrogen-bond donors (Lipinski definition) is 3. The molecule has 29 heavy (non-hydrogen) atoms. The van der Waals surface area contributed by atoms with Crippen LogP contribution < -0.4 is 16.0 Å². The van der Waals surface area contributed by atoms with Crippen LogP contribution in [0.1, 0.15) is 50.5 Å². The Morgan fingerprint density at radius 2 is 1.83 bits per heavy atom. The van der Waals surface area contributed by atoms with Gasteiger partial charge in [-0.2, -0.15) is 13.2 Å². The maximum atomic E-state index is 13.2. The molecule has 9 heteroatoms. The second-order valence-corrected chi connectivity index (χ2v) is 7.61. The number of amides is 3. The fraction of sp³-hybridized carbons (Fsp3) is 0.600. The van der Waals surface area contributed by atoms with Crippen LogP contribution in [0.5, 0.6) is 0 Å². The number of hydrogen-bond acceptors (Lipinski definition) is 3. The predicted octanol–water partition coefficient (Wildman–Crippen LogP) is 3.83. The number of alkyl halides is 3. The van der Waals surface area contributed by atoms with Gasteiger partial charge in [0.05, 0.1) is 17.4 Å². The largest absolute Gasteiger partial charge is 0.418 e. The van der Waals surface area contributed by atoms with Crippen LogP contribution in [0.4, 0.5) is 23.7 Å². The highest BCUT2D eigenvalue weighted by molar-refractivity contribution is 5.96. The highest BCUT2D eigenvalue weighted by atomic mass is 19.4. The molecule has 1 saturated heterocycles. The number of para-hydroxylation sites is 1. The molecular formula is C20H26F3N3O3. The van der Waals surface area contributed by atoms with Gasteiger partial charge in [0.2, 0.25) is 5.91 Å². The minimum atomic E-state index is -4.59. The molecule has 3 amide bonds. The van der Waals surface area contributed by atoms with Crippen LogP contribution in [0.15, 0.2) is 24.3 Å². The molecule has 1 aromatic carbocycles. The minimum Gasteiger partial charge on any atom is -0.376 e. The van der Waals surface area contributed by atoms with Crippen LogP contribution in [-0.2, 0) is 15.7 Å². The molecule has 0 unspecified atom stereocenters. The van der Waals surface area contributed by atoms with E-state index >= 15 is 0 Å². The maximum Gasteiger partial charge on any atom is 0.418 e. The number of anilines is 1. The number of rotatable bonds is 5. The minimum absolute atomic E-state index is 0.0351. The lowest BCUT2D eigenvalue weighted by Gasteiger charge is -2.36.